The Kier molecular flexibility index (Phi) is 2.44. The van der Waals surface area contributed by atoms with Crippen molar-refractivity contribution >= 4 is 18.4 Å². The van der Waals surface area contributed by atoms with Crippen molar-refractivity contribution in [2.75, 3.05) is 0 Å². The largest absolute Gasteiger partial charge is 0.461 e. The van der Waals surface area contributed by atoms with E-state index in [1.807, 2.05) is 0 Å². The molecule has 0 N–H and O–H groups in total. The number of hydrogen-bond donors (Lipinski definition) is 1. The maximum atomic E-state index is 5.00. The lowest BCUT2D eigenvalue weighted by atomic mass is 10.4. The zero-order valence-corrected chi connectivity index (χ0v) is 6.80. The molecule has 0 radical (unpaired) electrons. The summed E-state index contributed by atoms with van der Waals surface area (Å²) >= 11 is 3.85. The summed E-state index contributed by atoms with van der Waals surface area (Å²) in [5.41, 5.74) is 0. The van der Waals surface area contributed by atoms with Crippen LogP contribution in [-0.4, -0.2) is 0 Å². The van der Waals surface area contributed by atoms with Gasteiger partial charge in [-0.1, -0.05) is 6.58 Å². The van der Waals surface area contributed by atoms with Crippen LogP contribution in [0, 0.1) is 0 Å². The smallest absolute Gasteiger partial charge is 0.168 e. The van der Waals surface area contributed by atoms with Crippen LogP contribution in [0.1, 0.15) is 5.76 Å². The van der Waals surface area contributed by atoms with Gasteiger partial charge in [0.05, 0.1) is 6.26 Å². The van der Waals surface area contributed by atoms with Crippen molar-refractivity contribution < 1.29 is 9.15 Å². The Morgan fingerprint density at radius 2 is 2.27 bits per heavy atom. The fourth-order valence-corrected chi connectivity index (χ4v) is 0.740. The summed E-state index contributed by atoms with van der Waals surface area (Å²) in [5, 5.41) is 0.298. The van der Waals surface area contributed by atoms with Gasteiger partial charge in [-0.05, 0) is 18.7 Å². The quantitative estimate of drug-likeness (QED) is 0.553. The summed E-state index contributed by atoms with van der Waals surface area (Å²) in [5.74, 6) is 0.996. The SMILES string of the molecule is C=C(S)OC(=C)c1ccco1. The van der Waals surface area contributed by atoms with Crippen LogP contribution in [-0.2, 0) is 4.74 Å². The van der Waals surface area contributed by atoms with Gasteiger partial charge in [0.15, 0.2) is 16.6 Å². The summed E-state index contributed by atoms with van der Waals surface area (Å²) in [6.45, 7) is 7.06. The molecular weight excluding hydrogens is 160 g/mol. The monoisotopic (exact) mass is 168 g/mol. The Morgan fingerprint density at radius 1 is 1.55 bits per heavy atom. The molecule has 0 saturated carbocycles. The highest BCUT2D eigenvalue weighted by molar-refractivity contribution is 7.84. The molecule has 0 aliphatic carbocycles. The van der Waals surface area contributed by atoms with Crippen LogP contribution in [0.5, 0.6) is 0 Å². The topological polar surface area (TPSA) is 22.4 Å². The minimum absolute atomic E-state index is 0.298. The molecule has 1 aromatic heterocycles. The normalized spacial score (nSPS) is 9.18. The molecule has 0 bridgehead atoms. The molecule has 11 heavy (non-hydrogen) atoms. The van der Waals surface area contributed by atoms with Gasteiger partial charge in [0.1, 0.15) is 0 Å². The third kappa shape index (κ3) is 2.20. The van der Waals surface area contributed by atoms with Gasteiger partial charge in [0, 0.05) is 0 Å². The van der Waals surface area contributed by atoms with Crippen molar-refractivity contribution in [3.05, 3.63) is 42.4 Å². The first-order chi connectivity index (χ1) is 5.20. The van der Waals surface area contributed by atoms with Crippen molar-refractivity contribution in [3.63, 3.8) is 0 Å². The van der Waals surface area contributed by atoms with Gasteiger partial charge >= 0.3 is 0 Å². The van der Waals surface area contributed by atoms with Crippen LogP contribution in [0.2, 0.25) is 0 Å². The maximum absolute atomic E-state index is 5.00. The van der Waals surface area contributed by atoms with Crippen molar-refractivity contribution in [2.24, 2.45) is 0 Å². The molecule has 0 aliphatic rings. The second kappa shape index (κ2) is 3.34. The summed E-state index contributed by atoms with van der Waals surface area (Å²) in [6.07, 6.45) is 1.55. The van der Waals surface area contributed by atoms with Crippen molar-refractivity contribution in [1.29, 1.82) is 0 Å². The van der Waals surface area contributed by atoms with Crippen LogP contribution >= 0.6 is 12.6 Å². The van der Waals surface area contributed by atoms with E-state index in [4.69, 9.17) is 9.15 Å². The van der Waals surface area contributed by atoms with Gasteiger partial charge in [-0.15, -0.1) is 12.6 Å². The van der Waals surface area contributed by atoms with Crippen LogP contribution in [0.25, 0.3) is 5.76 Å². The average molecular weight is 168 g/mol. The van der Waals surface area contributed by atoms with E-state index in [-0.39, 0.29) is 0 Å². The lowest BCUT2D eigenvalue weighted by molar-refractivity contribution is 0.400. The van der Waals surface area contributed by atoms with E-state index >= 15 is 0 Å². The number of ether oxygens (including phenoxy) is 1. The zero-order chi connectivity index (χ0) is 8.27. The van der Waals surface area contributed by atoms with E-state index in [0.717, 1.165) is 0 Å². The van der Waals surface area contributed by atoms with Crippen LogP contribution in [0.3, 0.4) is 0 Å². The van der Waals surface area contributed by atoms with Gasteiger partial charge in [0.2, 0.25) is 0 Å². The summed E-state index contributed by atoms with van der Waals surface area (Å²) in [7, 11) is 0. The molecule has 0 aliphatic heterocycles. The van der Waals surface area contributed by atoms with Crippen LogP contribution in [0.4, 0.5) is 0 Å². The number of thiol groups is 1. The molecule has 0 unspecified atom stereocenters. The summed E-state index contributed by atoms with van der Waals surface area (Å²) in [4.78, 5) is 0. The highest BCUT2D eigenvalue weighted by Crippen LogP contribution is 2.17. The minimum atomic E-state index is 0.298. The Hall–Kier alpha value is -1.09. The fraction of sp³-hybridized carbons (Fsp3) is 0. The fourth-order valence-electron chi connectivity index (χ4n) is 0.630. The second-order valence-electron chi connectivity index (χ2n) is 1.90. The van der Waals surface area contributed by atoms with E-state index in [0.29, 0.717) is 16.6 Å². The summed E-state index contributed by atoms with van der Waals surface area (Å²) in [6, 6.07) is 3.50. The van der Waals surface area contributed by atoms with Crippen molar-refractivity contribution in [2.45, 2.75) is 0 Å². The zero-order valence-electron chi connectivity index (χ0n) is 5.91. The molecule has 0 aromatic carbocycles. The van der Waals surface area contributed by atoms with Gasteiger partial charge in [-0.25, -0.2) is 0 Å². The van der Waals surface area contributed by atoms with Crippen LogP contribution < -0.4 is 0 Å². The Bertz CT molecular complexity index is 262. The molecule has 0 spiro atoms. The molecular formula is C8H8O2S. The standard InChI is InChI=1S/C8H8O2S/c1-6(10-7(2)11)8-4-3-5-9-8/h3-5,11H,1-2H2. The van der Waals surface area contributed by atoms with E-state index in [9.17, 15) is 0 Å². The molecule has 1 heterocycles. The van der Waals surface area contributed by atoms with Crippen molar-refractivity contribution in [1.82, 2.24) is 0 Å². The molecule has 1 aromatic rings. The molecule has 58 valence electrons. The summed E-state index contributed by atoms with van der Waals surface area (Å²) < 4.78 is 9.97. The highest BCUT2D eigenvalue weighted by atomic mass is 32.1. The van der Waals surface area contributed by atoms with Gasteiger partial charge in [-0.2, -0.15) is 0 Å². The predicted octanol–water partition coefficient (Wildman–Crippen LogP) is 2.67. The average Bonchev–Trinajstić information content (AvgIpc) is 2.35. The first kappa shape index (κ1) is 8.01. The van der Waals surface area contributed by atoms with Crippen molar-refractivity contribution in [3.8, 4) is 0 Å². The van der Waals surface area contributed by atoms with Gasteiger partial charge < -0.3 is 9.15 Å². The molecule has 0 atom stereocenters. The van der Waals surface area contributed by atoms with E-state index in [2.05, 4.69) is 25.8 Å². The molecule has 0 fully saturated rings. The number of hydrogen-bond acceptors (Lipinski definition) is 3. The van der Waals surface area contributed by atoms with Crippen LogP contribution in [0.15, 0.2) is 41.1 Å². The lowest BCUT2D eigenvalue weighted by Gasteiger charge is -2.02. The second-order valence-corrected chi connectivity index (χ2v) is 2.40. The van der Waals surface area contributed by atoms with E-state index in [1.165, 1.54) is 0 Å². The predicted molar refractivity (Wildman–Crippen MR) is 47.0 cm³/mol. The molecule has 0 saturated heterocycles. The molecule has 1 rings (SSSR count). The molecule has 0 amide bonds. The van der Waals surface area contributed by atoms with E-state index in [1.54, 1.807) is 18.4 Å². The van der Waals surface area contributed by atoms with E-state index < -0.39 is 0 Å². The third-order valence-corrected chi connectivity index (χ3v) is 1.13. The number of furan rings is 1. The number of rotatable bonds is 3. The van der Waals surface area contributed by atoms with Gasteiger partial charge in [-0.3, -0.25) is 0 Å². The minimum Gasteiger partial charge on any atom is -0.461 e. The Morgan fingerprint density at radius 3 is 2.73 bits per heavy atom. The Balaban J connectivity index is 2.64. The lowest BCUT2D eigenvalue weighted by Crippen LogP contribution is -1.82. The highest BCUT2D eigenvalue weighted by Gasteiger charge is 2.01. The Labute approximate surface area is 70.6 Å². The molecule has 2 nitrogen and oxygen atoms in total. The third-order valence-electron chi connectivity index (χ3n) is 1.04. The van der Waals surface area contributed by atoms with Gasteiger partial charge in [0.25, 0.3) is 0 Å². The first-order valence-electron chi connectivity index (χ1n) is 2.98. The molecule has 3 heteroatoms. The maximum Gasteiger partial charge on any atom is 0.168 e. The first-order valence-corrected chi connectivity index (χ1v) is 3.43.